The fourth-order valence-corrected chi connectivity index (χ4v) is 2.78. The molecule has 0 spiro atoms. The van der Waals surface area contributed by atoms with Crippen LogP contribution in [0.4, 0.5) is 11.6 Å². The van der Waals surface area contributed by atoms with E-state index in [1.54, 1.807) is 6.33 Å². The summed E-state index contributed by atoms with van der Waals surface area (Å²) in [5.41, 5.74) is 3.79. The third-order valence-electron chi connectivity index (χ3n) is 3.64. The minimum atomic E-state index is 0.299. The van der Waals surface area contributed by atoms with E-state index in [9.17, 15) is 0 Å². The van der Waals surface area contributed by atoms with Crippen molar-refractivity contribution < 1.29 is 4.74 Å². The Balaban J connectivity index is 2.22. The molecule has 1 aromatic rings. The molecule has 112 valence electrons. The Bertz CT molecular complexity index is 424. The maximum atomic E-state index is 5.77. The summed E-state index contributed by atoms with van der Waals surface area (Å²) in [7, 11) is 0. The van der Waals surface area contributed by atoms with Gasteiger partial charge in [0.25, 0.3) is 0 Å². The molecule has 0 saturated carbocycles. The Kier molecular flexibility index (Phi) is 5.55. The van der Waals surface area contributed by atoms with Crippen LogP contribution in [0.2, 0.25) is 0 Å². The van der Waals surface area contributed by atoms with Crippen molar-refractivity contribution in [3.8, 4) is 0 Å². The Morgan fingerprint density at radius 2 is 2.30 bits per heavy atom. The molecular weight excluding hydrogens is 254 g/mol. The molecule has 1 aromatic heterocycles. The van der Waals surface area contributed by atoms with Crippen molar-refractivity contribution in [2.75, 3.05) is 30.0 Å². The van der Waals surface area contributed by atoms with Crippen LogP contribution in [0.15, 0.2) is 6.33 Å². The van der Waals surface area contributed by atoms with E-state index in [2.05, 4.69) is 27.2 Å². The number of aromatic nitrogens is 2. The molecule has 0 aromatic carbocycles. The molecule has 3 N–H and O–H groups in total. The molecule has 1 atom stereocenters. The van der Waals surface area contributed by atoms with Crippen LogP contribution in [0.3, 0.4) is 0 Å². The Morgan fingerprint density at radius 3 is 3.00 bits per heavy atom. The molecule has 0 aliphatic carbocycles. The normalized spacial score (nSPS) is 19.1. The van der Waals surface area contributed by atoms with Gasteiger partial charge in [0.1, 0.15) is 18.0 Å². The van der Waals surface area contributed by atoms with E-state index in [-0.39, 0.29) is 0 Å². The Morgan fingerprint density at radius 1 is 1.45 bits per heavy atom. The second-order valence-electron chi connectivity index (χ2n) is 5.08. The van der Waals surface area contributed by atoms with Crippen LogP contribution >= 0.6 is 0 Å². The molecule has 1 unspecified atom stereocenters. The van der Waals surface area contributed by atoms with Crippen molar-refractivity contribution >= 4 is 11.6 Å². The lowest BCUT2D eigenvalue weighted by atomic mass is 10.1. The lowest BCUT2D eigenvalue weighted by Gasteiger charge is -2.34. The van der Waals surface area contributed by atoms with E-state index in [0.29, 0.717) is 6.10 Å². The van der Waals surface area contributed by atoms with Crippen LogP contribution in [0.1, 0.15) is 38.7 Å². The number of hydrazine groups is 1. The average Bonchev–Trinajstić information content (AvgIpc) is 2.48. The maximum absolute atomic E-state index is 5.77. The number of anilines is 2. The molecule has 6 nitrogen and oxygen atoms in total. The third-order valence-corrected chi connectivity index (χ3v) is 3.64. The third kappa shape index (κ3) is 3.37. The standard InChI is InChI=1S/C14H25N5O/c1-3-6-12-13(18-15)16-10-17-14(12)19-8-5-7-11(9-19)20-4-2/h10-11H,3-9,15H2,1-2H3,(H,16,17,18). The summed E-state index contributed by atoms with van der Waals surface area (Å²) in [4.78, 5) is 11.0. The number of hydrogen-bond donors (Lipinski definition) is 2. The lowest BCUT2D eigenvalue weighted by Crippen LogP contribution is -2.40. The van der Waals surface area contributed by atoms with E-state index in [1.807, 2.05) is 6.92 Å². The van der Waals surface area contributed by atoms with Crippen LogP contribution in [0, 0.1) is 0 Å². The zero-order valence-corrected chi connectivity index (χ0v) is 12.4. The van der Waals surface area contributed by atoms with Gasteiger partial charge < -0.3 is 15.1 Å². The first-order chi connectivity index (χ1) is 9.80. The van der Waals surface area contributed by atoms with Crippen LogP contribution in [-0.4, -0.2) is 35.8 Å². The quantitative estimate of drug-likeness (QED) is 0.610. The zero-order valence-electron chi connectivity index (χ0n) is 12.4. The predicted octanol–water partition coefficient (Wildman–Crippen LogP) is 1.72. The summed E-state index contributed by atoms with van der Waals surface area (Å²) in [6, 6.07) is 0. The van der Waals surface area contributed by atoms with Gasteiger partial charge in [-0.3, -0.25) is 0 Å². The summed E-state index contributed by atoms with van der Waals surface area (Å²) in [6.07, 6.45) is 6.09. The topological polar surface area (TPSA) is 76.3 Å². The predicted molar refractivity (Wildman–Crippen MR) is 80.7 cm³/mol. The summed E-state index contributed by atoms with van der Waals surface area (Å²) in [5, 5.41) is 0. The number of nitrogens with one attached hydrogen (secondary N) is 1. The summed E-state index contributed by atoms with van der Waals surface area (Å²) < 4.78 is 5.77. The molecule has 1 aliphatic rings. The number of piperidine rings is 1. The highest BCUT2D eigenvalue weighted by Crippen LogP contribution is 2.27. The van der Waals surface area contributed by atoms with E-state index < -0.39 is 0 Å². The monoisotopic (exact) mass is 279 g/mol. The molecule has 20 heavy (non-hydrogen) atoms. The van der Waals surface area contributed by atoms with Crippen LogP contribution in [-0.2, 0) is 11.2 Å². The molecule has 1 aliphatic heterocycles. The largest absolute Gasteiger partial charge is 0.377 e. The van der Waals surface area contributed by atoms with Crippen molar-refractivity contribution in [1.82, 2.24) is 9.97 Å². The van der Waals surface area contributed by atoms with E-state index >= 15 is 0 Å². The second kappa shape index (κ2) is 7.40. The molecule has 6 heteroatoms. The minimum absolute atomic E-state index is 0.299. The SMILES string of the molecule is CCCc1c(NN)ncnc1N1CCCC(OCC)C1. The van der Waals surface area contributed by atoms with Gasteiger partial charge in [0.05, 0.1) is 6.10 Å². The molecule has 0 bridgehead atoms. The smallest absolute Gasteiger partial charge is 0.148 e. The molecule has 2 rings (SSSR count). The summed E-state index contributed by atoms with van der Waals surface area (Å²) >= 11 is 0. The van der Waals surface area contributed by atoms with Crippen LogP contribution < -0.4 is 16.2 Å². The van der Waals surface area contributed by atoms with E-state index in [1.165, 1.54) is 0 Å². The highest BCUT2D eigenvalue weighted by Gasteiger charge is 2.24. The summed E-state index contributed by atoms with van der Waals surface area (Å²) in [6.45, 7) is 6.87. The fourth-order valence-electron chi connectivity index (χ4n) is 2.78. The number of nitrogens with two attached hydrogens (primary N) is 1. The lowest BCUT2D eigenvalue weighted by molar-refractivity contribution is 0.0525. The molecule has 0 radical (unpaired) electrons. The highest BCUT2D eigenvalue weighted by molar-refractivity contribution is 5.58. The van der Waals surface area contributed by atoms with Gasteiger partial charge in [-0.15, -0.1) is 0 Å². The Labute approximate surface area is 120 Å². The summed E-state index contributed by atoms with van der Waals surface area (Å²) in [5.74, 6) is 7.30. The van der Waals surface area contributed by atoms with Crippen molar-refractivity contribution in [2.24, 2.45) is 5.84 Å². The van der Waals surface area contributed by atoms with Gasteiger partial charge in [-0.1, -0.05) is 13.3 Å². The minimum Gasteiger partial charge on any atom is -0.377 e. The molecule has 1 fully saturated rings. The van der Waals surface area contributed by atoms with Gasteiger partial charge in [0.15, 0.2) is 0 Å². The number of nitrogens with zero attached hydrogens (tertiary/aromatic N) is 3. The molecule has 2 heterocycles. The van der Waals surface area contributed by atoms with Gasteiger partial charge >= 0.3 is 0 Å². The maximum Gasteiger partial charge on any atom is 0.148 e. The zero-order chi connectivity index (χ0) is 14.4. The van der Waals surface area contributed by atoms with Crippen molar-refractivity contribution in [3.63, 3.8) is 0 Å². The number of rotatable bonds is 6. The number of ether oxygens (including phenoxy) is 1. The number of hydrogen-bond acceptors (Lipinski definition) is 6. The molecule has 1 saturated heterocycles. The average molecular weight is 279 g/mol. The first-order valence-electron chi connectivity index (χ1n) is 7.47. The first-order valence-corrected chi connectivity index (χ1v) is 7.47. The van der Waals surface area contributed by atoms with E-state index in [4.69, 9.17) is 10.6 Å². The van der Waals surface area contributed by atoms with Crippen molar-refractivity contribution in [1.29, 1.82) is 0 Å². The molecular formula is C14H25N5O. The fraction of sp³-hybridized carbons (Fsp3) is 0.714. The van der Waals surface area contributed by atoms with Crippen LogP contribution in [0.25, 0.3) is 0 Å². The Hall–Kier alpha value is -1.40. The first kappa shape index (κ1) is 15.0. The van der Waals surface area contributed by atoms with Crippen LogP contribution in [0.5, 0.6) is 0 Å². The van der Waals surface area contributed by atoms with Gasteiger partial charge in [-0.05, 0) is 26.2 Å². The molecule has 0 amide bonds. The number of nitrogen functional groups attached to an aromatic ring is 1. The van der Waals surface area contributed by atoms with Gasteiger partial charge in [0, 0.05) is 25.3 Å². The van der Waals surface area contributed by atoms with Gasteiger partial charge in [0.2, 0.25) is 0 Å². The van der Waals surface area contributed by atoms with Gasteiger partial charge in [-0.2, -0.15) is 0 Å². The van der Waals surface area contributed by atoms with Crippen molar-refractivity contribution in [2.45, 2.75) is 45.6 Å². The van der Waals surface area contributed by atoms with Crippen molar-refractivity contribution in [3.05, 3.63) is 11.9 Å². The van der Waals surface area contributed by atoms with Gasteiger partial charge in [-0.25, -0.2) is 15.8 Å². The highest BCUT2D eigenvalue weighted by atomic mass is 16.5. The second-order valence-corrected chi connectivity index (χ2v) is 5.08. The van der Waals surface area contributed by atoms with E-state index in [0.717, 1.165) is 62.6 Å².